The number of hydrogen-bond acceptors (Lipinski definition) is 8. The molecule has 0 amide bonds. The Morgan fingerprint density at radius 1 is 1.25 bits per heavy atom. The van der Waals surface area contributed by atoms with Gasteiger partial charge in [-0.15, -0.1) is 0 Å². The van der Waals surface area contributed by atoms with Crippen molar-refractivity contribution < 1.29 is 9.84 Å². The fraction of sp³-hybridized carbons (Fsp3) is 0.190. The lowest BCUT2D eigenvalue weighted by molar-refractivity contribution is 0.0938. The summed E-state index contributed by atoms with van der Waals surface area (Å²) in [7, 11) is 1.50. The highest BCUT2D eigenvalue weighted by Crippen LogP contribution is 2.17. The second-order valence-corrected chi connectivity index (χ2v) is 6.97. The molecule has 0 aliphatic heterocycles. The van der Waals surface area contributed by atoms with E-state index in [-0.39, 0.29) is 30.3 Å². The molecule has 164 valence electrons. The van der Waals surface area contributed by atoms with Crippen LogP contribution in [-0.2, 0) is 13.6 Å². The molecule has 0 fully saturated rings. The molecule has 1 aromatic carbocycles. The number of H-pyrrole nitrogens is 1. The lowest BCUT2D eigenvalue weighted by Crippen LogP contribution is -2.30. The van der Waals surface area contributed by atoms with Crippen LogP contribution in [0.25, 0.3) is 11.2 Å². The van der Waals surface area contributed by atoms with E-state index in [1.165, 1.54) is 22.4 Å². The van der Waals surface area contributed by atoms with E-state index in [0.717, 1.165) is 5.56 Å². The molecule has 0 saturated heterocycles. The summed E-state index contributed by atoms with van der Waals surface area (Å²) < 4.78 is 8.28. The van der Waals surface area contributed by atoms with E-state index in [9.17, 15) is 14.7 Å². The van der Waals surface area contributed by atoms with Crippen molar-refractivity contribution in [2.75, 3.05) is 12.0 Å². The van der Waals surface area contributed by atoms with Crippen LogP contribution in [0, 0.1) is 0 Å². The normalized spacial score (nSPS) is 12.3. The highest BCUT2D eigenvalue weighted by Gasteiger charge is 2.19. The van der Waals surface area contributed by atoms with Gasteiger partial charge in [-0.3, -0.25) is 19.3 Å². The van der Waals surface area contributed by atoms with Crippen LogP contribution in [0.1, 0.15) is 5.56 Å². The molecule has 0 aliphatic rings. The summed E-state index contributed by atoms with van der Waals surface area (Å²) in [6.07, 6.45) is 3.85. The predicted molar refractivity (Wildman–Crippen MR) is 119 cm³/mol. The third-order valence-corrected chi connectivity index (χ3v) is 4.65. The fourth-order valence-corrected chi connectivity index (χ4v) is 3.09. The summed E-state index contributed by atoms with van der Waals surface area (Å²) in [5.41, 5.74) is 2.62. The second-order valence-electron chi connectivity index (χ2n) is 6.97. The summed E-state index contributed by atoms with van der Waals surface area (Å²) >= 11 is 0. The van der Waals surface area contributed by atoms with E-state index in [4.69, 9.17) is 4.74 Å². The van der Waals surface area contributed by atoms with Crippen LogP contribution in [-0.4, -0.2) is 48.1 Å². The van der Waals surface area contributed by atoms with Gasteiger partial charge in [-0.05, 0) is 18.2 Å². The van der Waals surface area contributed by atoms with Gasteiger partial charge in [0, 0.05) is 25.0 Å². The number of hydrazone groups is 1. The van der Waals surface area contributed by atoms with Crippen molar-refractivity contribution in [1.29, 1.82) is 0 Å². The zero-order chi connectivity index (χ0) is 22.5. The van der Waals surface area contributed by atoms with E-state index in [1.54, 1.807) is 30.6 Å². The number of benzene rings is 1. The molecule has 0 bridgehead atoms. The Balaban J connectivity index is 1.63. The number of nitrogens with one attached hydrogen (secondary N) is 2. The van der Waals surface area contributed by atoms with Gasteiger partial charge < -0.3 is 14.4 Å². The fourth-order valence-electron chi connectivity index (χ4n) is 3.09. The number of imidazole rings is 1. The first-order chi connectivity index (χ1) is 15.5. The largest absolute Gasteiger partial charge is 0.491 e. The zero-order valence-corrected chi connectivity index (χ0v) is 17.2. The van der Waals surface area contributed by atoms with E-state index >= 15 is 0 Å². The first-order valence-corrected chi connectivity index (χ1v) is 9.77. The number of aryl methyl sites for hydroxylation is 1. The number of aliphatic hydroxyl groups excluding tert-OH is 1. The maximum absolute atomic E-state index is 12.5. The zero-order valence-electron chi connectivity index (χ0n) is 17.2. The lowest BCUT2D eigenvalue weighted by Gasteiger charge is -2.15. The molecule has 3 heterocycles. The number of hydrogen-bond donors (Lipinski definition) is 3. The standard InChI is InChI=1S/C21H21N7O4/c1-27-18-17(19(30)25-21(27)31)28(12-15(29)13-32-16-7-3-2-4-8-16)20(24-18)26-23-11-14-6-5-9-22-10-14/h2-11,15,29H,12-13H2,1H3,(H,24,26)(H,25,30,31)/b23-11-/t15-/m0/s1. The number of pyridine rings is 1. The Morgan fingerprint density at radius 3 is 2.81 bits per heavy atom. The van der Waals surface area contributed by atoms with Gasteiger partial charge in [0.05, 0.1) is 12.8 Å². The van der Waals surface area contributed by atoms with Gasteiger partial charge in [0.2, 0.25) is 5.95 Å². The van der Waals surface area contributed by atoms with Gasteiger partial charge in [-0.25, -0.2) is 10.2 Å². The summed E-state index contributed by atoms with van der Waals surface area (Å²) in [6.45, 7) is -0.0267. The van der Waals surface area contributed by atoms with E-state index < -0.39 is 17.4 Å². The molecule has 11 nitrogen and oxygen atoms in total. The molecule has 0 radical (unpaired) electrons. The van der Waals surface area contributed by atoms with Crippen LogP contribution < -0.4 is 21.4 Å². The molecule has 32 heavy (non-hydrogen) atoms. The molecule has 1 atom stereocenters. The van der Waals surface area contributed by atoms with Crippen LogP contribution in [0.2, 0.25) is 0 Å². The van der Waals surface area contributed by atoms with Gasteiger partial charge in [-0.2, -0.15) is 10.1 Å². The molecule has 4 rings (SSSR count). The number of rotatable bonds is 8. The number of aromatic amines is 1. The first kappa shape index (κ1) is 21.0. The Morgan fingerprint density at radius 2 is 2.06 bits per heavy atom. The summed E-state index contributed by atoms with van der Waals surface area (Å²) in [6, 6.07) is 12.7. The number of aliphatic hydroxyl groups is 1. The molecule has 3 aromatic heterocycles. The number of fused-ring (bicyclic) bond motifs is 1. The second kappa shape index (κ2) is 9.27. The lowest BCUT2D eigenvalue weighted by atomic mass is 10.3. The number of nitrogens with zero attached hydrogens (tertiary/aromatic N) is 5. The van der Waals surface area contributed by atoms with Crippen molar-refractivity contribution in [3.63, 3.8) is 0 Å². The Labute approximate surface area is 181 Å². The van der Waals surface area contributed by atoms with Gasteiger partial charge >= 0.3 is 5.69 Å². The maximum Gasteiger partial charge on any atom is 0.329 e. The summed E-state index contributed by atoms with van der Waals surface area (Å²) in [5.74, 6) is 0.798. The van der Waals surface area contributed by atoms with Crippen LogP contribution in [0.5, 0.6) is 5.75 Å². The van der Waals surface area contributed by atoms with Crippen LogP contribution in [0.15, 0.2) is 69.5 Å². The number of ether oxygens (including phenoxy) is 1. The summed E-state index contributed by atoms with van der Waals surface area (Å²) in [4.78, 5) is 35.1. The third-order valence-electron chi connectivity index (χ3n) is 4.65. The molecule has 0 unspecified atom stereocenters. The molecule has 0 aliphatic carbocycles. The smallest absolute Gasteiger partial charge is 0.329 e. The maximum atomic E-state index is 12.5. The monoisotopic (exact) mass is 435 g/mol. The Kier molecular flexibility index (Phi) is 6.08. The van der Waals surface area contributed by atoms with E-state index in [1.807, 2.05) is 24.3 Å². The van der Waals surface area contributed by atoms with Crippen molar-refractivity contribution in [1.82, 2.24) is 24.1 Å². The van der Waals surface area contributed by atoms with Crippen LogP contribution in [0.3, 0.4) is 0 Å². The van der Waals surface area contributed by atoms with Crippen molar-refractivity contribution in [2.45, 2.75) is 12.6 Å². The van der Waals surface area contributed by atoms with Gasteiger partial charge in [-0.1, -0.05) is 24.3 Å². The summed E-state index contributed by atoms with van der Waals surface area (Å²) in [5, 5.41) is 14.7. The van der Waals surface area contributed by atoms with Crippen LogP contribution >= 0.6 is 0 Å². The molecular formula is C21H21N7O4. The number of para-hydroxylation sites is 1. The Bertz CT molecular complexity index is 1340. The minimum absolute atomic E-state index is 0.00819. The molecular weight excluding hydrogens is 414 g/mol. The molecule has 3 N–H and O–H groups in total. The molecule has 11 heteroatoms. The van der Waals surface area contributed by atoms with E-state index in [0.29, 0.717) is 5.75 Å². The average Bonchev–Trinajstić information content (AvgIpc) is 3.16. The first-order valence-electron chi connectivity index (χ1n) is 9.77. The van der Waals surface area contributed by atoms with Gasteiger partial charge in [0.25, 0.3) is 5.56 Å². The van der Waals surface area contributed by atoms with Crippen LogP contribution in [0.4, 0.5) is 5.95 Å². The minimum atomic E-state index is -0.966. The Hall–Kier alpha value is -4.25. The third kappa shape index (κ3) is 4.57. The number of aromatic nitrogens is 5. The molecule has 0 saturated carbocycles. The van der Waals surface area contributed by atoms with E-state index in [2.05, 4.69) is 25.5 Å². The highest BCUT2D eigenvalue weighted by molar-refractivity contribution is 5.80. The number of anilines is 1. The van der Waals surface area contributed by atoms with Crippen molar-refractivity contribution in [3.8, 4) is 5.75 Å². The topological polar surface area (TPSA) is 139 Å². The minimum Gasteiger partial charge on any atom is -0.491 e. The van der Waals surface area contributed by atoms with Crippen molar-refractivity contribution in [3.05, 3.63) is 81.3 Å². The quantitative estimate of drug-likeness (QED) is 0.273. The van der Waals surface area contributed by atoms with Crippen molar-refractivity contribution >= 4 is 23.3 Å². The molecule has 0 spiro atoms. The SMILES string of the molecule is Cn1c(=O)[nH]c(=O)c2c1nc(N/N=C\c1cccnc1)n2C[C@H](O)COc1ccccc1. The molecule has 4 aromatic rings. The van der Waals surface area contributed by atoms with Crippen molar-refractivity contribution in [2.24, 2.45) is 12.1 Å². The van der Waals surface area contributed by atoms with Gasteiger partial charge in [0.15, 0.2) is 11.2 Å². The highest BCUT2D eigenvalue weighted by atomic mass is 16.5. The average molecular weight is 435 g/mol. The van der Waals surface area contributed by atoms with Gasteiger partial charge in [0.1, 0.15) is 18.5 Å². The predicted octanol–water partition coefficient (Wildman–Crippen LogP) is 0.704.